The Kier molecular flexibility index (Phi) is 3.97. The van der Waals surface area contributed by atoms with E-state index < -0.39 is 0 Å². The van der Waals surface area contributed by atoms with Gasteiger partial charge in [0.15, 0.2) is 0 Å². The third kappa shape index (κ3) is 5.27. The highest BCUT2D eigenvalue weighted by Gasteiger charge is 2.08. The number of benzene rings is 1. The zero-order chi connectivity index (χ0) is 11.3. The van der Waals surface area contributed by atoms with Gasteiger partial charge in [0.25, 0.3) is 0 Å². The maximum absolute atomic E-state index is 5.59. The molecule has 0 bridgehead atoms. The predicted molar refractivity (Wildman–Crippen MR) is 65.0 cm³/mol. The average molecular weight is 208 g/mol. The molecular weight excluding hydrogens is 188 g/mol. The molecule has 3 N–H and O–H groups in total. The van der Waals surface area contributed by atoms with Gasteiger partial charge in [-0.25, -0.2) is 0 Å². The Morgan fingerprint density at radius 2 is 1.80 bits per heavy atom. The number of nitrogens with one attached hydrogen (secondary N) is 1. The molecule has 15 heavy (non-hydrogen) atoms. The van der Waals surface area contributed by atoms with E-state index >= 15 is 0 Å². The van der Waals surface area contributed by atoms with E-state index in [-0.39, 0.29) is 5.60 Å². The van der Waals surface area contributed by atoms with E-state index in [0.29, 0.717) is 6.61 Å². The van der Waals surface area contributed by atoms with E-state index in [9.17, 15) is 0 Å². The number of hydrogen-bond donors (Lipinski definition) is 2. The van der Waals surface area contributed by atoms with Crippen LogP contribution in [0.4, 0.5) is 11.4 Å². The zero-order valence-electron chi connectivity index (χ0n) is 9.71. The summed E-state index contributed by atoms with van der Waals surface area (Å²) in [7, 11) is 0. The molecule has 1 aromatic rings. The lowest BCUT2D eigenvalue weighted by Gasteiger charge is -2.19. The van der Waals surface area contributed by atoms with E-state index in [0.717, 1.165) is 17.9 Å². The molecule has 1 rings (SSSR count). The Bertz CT molecular complexity index is 287. The molecule has 0 amide bonds. The van der Waals surface area contributed by atoms with Crippen LogP contribution in [-0.2, 0) is 4.74 Å². The van der Waals surface area contributed by atoms with Crippen LogP contribution in [0, 0.1) is 0 Å². The Balaban J connectivity index is 2.23. The lowest BCUT2D eigenvalue weighted by molar-refractivity contribution is 0.00333. The first-order valence-corrected chi connectivity index (χ1v) is 5.21. The number of rotatable bonds is 4. The van der Waals surface area contributed by atoms with Crippen molar-refractivity contribution in [3.63, 3.8) is 0 Å². The highest BCUT2D eigenvalue weighted by atomic mass is 16.5. The Labute approximate surface area is 91.6 Å². The normalized spacial score (nSPS) is 11.4. The summed E-state index contributed by atoms with van der Waals surface area (Å²) >= 11 is 0. The summed E-state index contributed by atoms with van der Waals surface area (Å²) in [5.41, 5.74) is 7.37. The first-order chi connectivity index (χ1) is 6.97. The van der Waals surface area contributed by atoms with Crippen LogP contribution >= 0.6 is 0 Å². The van der Waals surface area contributed by atoms with Crippen molar-refractivity contribution in [2.45, 2.75) is 26.4 Å². The van der Waals surface area contributed by atoms with Crippen LogP contribution in [0.5, 0.6) is 0 Å². The molecule has 0 heterocycles. The first-order valence-electron chi connectivity index (χ1n) is 5.21. The molecule has 0 aliphatic heterocycles. The molecule has 0 atom stereocenters. The van der Waals surface area contributed by atoms with E-state index in [1.165, 1.54) is 0 Å². The summed E-state index contributed by atoms with van der Waals surface area (Å²) in [4.78, 5) is 0. The van der Waals surface area contributed by atoms with Gasteiger partial charge in [0.1, 0.15) is 0 Å². The van der Waals surface area contributed by atoms with E-state index in [4.69, 9.17) is 10.5 Å². The smallest absolute Gasteiger partial charge is 0.0646 e. The van der Waals surface area contributed by atoms with Crippen molar-refractivity contribution in [1.29, 1.82) is 0 Å². The second kappa shape index (κ2) is 5.03. The molecule has 0 spiro atoms. The lowest BCUT2D eigenvalue weighted by Crippen LogP contribution is -2.23. The highest BCUT2D eigenvalue weighted by Crippen LogP contribution is 2.10. The Hall–Kier alpha value is -1.22. The van der Waals surface area contributed by atoms with Gasteiger partial charge in [0.05, 0.1) is 12.2 Å². The fourth-order valence-corrected chi connectivity index (χ4v) is 1.15. The van der Waals surface area contributed by atoms with E-state index in [1.807, 2.05) is 24.3 Å². The van der Waals surface area contributed by atoms with Crippen LogP contribution in [0.15, 0.2) is 24.3 Å². The minimum absolute atomic E-state index is 0.0667. The monoisotopic (exact) mass is 208 g/mol. The lowest BCUT2D eigenvalue weighted by atomic mass is 10.2. The number of nitrogens with two attached hydrogens (primary N) is 1. The minimum atomic E-state index is -0.0667. The molecule has 0 unspecified atom stereocenters. The fraction of sp³-hybridized carbons (Fsp3) is 0.500. The van der Waals surface area contributed by atoms with Crippen molar-refractivity contribution in [3.8, 4) is 0 Å². The largest absolute Gasteiger partial charge is 0.399 e. The number of hydrogen-bond acceptors (Lipinski definition) is 3. The van der Waals surface area contributed by atoms with Crippen molar-refractivity contribution < 1.29 is 4.74 Å². The maximum Gasteiger partial charge on any atom is 0.0646 e. The molecule has 3 nitrogen and oxygen atoms in total. The van der Waals surface area contributed by atoms with Gasteiger partial charge >= 0.3 is 0 Å². The summed E-state index contributed by atoms with van der Waals surface area (Å²) in [5, 5.41) is 3.26. The molecule has 0 saturated carbocycles. The quantitative estimate of drug-likeness (QED) is 0.590. The van der Waals surface area contributed by atoms with E-state index in [2.05, 4.69) is 26.1 Å². The SMILES string of the molecule is CC(C)(C)OCCNc1ccc(N)cc1. The van der Waals surface area contributed by atoms with Crippen LogP contribution in [0.25, 0.3) is 0 Å². The molecule has 84 valence electrons. The van der Waals surface area contributed by atoms with Gasteiger partial charge in [-0.15, -0.1) is 0 Å². The van der Waals surface area contributed by atoms with E-state index in [1.54, 1.807) is 0 Å². The van der Waals surface area contributed by atoms with Crippen molar-refractivity contribution in [2.24, 2.45) is 0 Å². The maximum atomic E-state index is 5.59. The average Bonchev–Trinajstić information content (AvgIpc) is 2.14. The molecule has 0 radical (unpaired) electrons. The molecule has 0 saturated heterocycles. The van der Waals surface area contributed by atoms with Crippen molar-refractivity contribution in [2.75, 3.05) is 24.2 Å². The second-order valence-corrected chi connectivity index (χ2v) is 4.51. The number of anilines is 2. The molecule has 0 aromatic heterocycles. The topological polar surface area (TPSA) is 47.3 Å². The first kappa shape index (κ1) is 11.9. The standard InChI is InChI=1S/C12H20N2O/c1-12(2,3)15-9-8-14-11-6-4-10(13)5-7-11/h4-7,14H,8-9,13H2,1-3H3. The van der Waals surface area contributed by atoms with Gasteiger partial charge in [-0.05, 0) is 45.0 Å². The Morgan fingerprint density at radius 1 is 1.20 bits per heavy atom. The molecule has 0 aliphatic rings. The highest BCUT2D eigenvalue weighted by molar-refractivity contribution is 5.51. The summed E-state index contributed by atoms with van der Waals surface area (Å²) < 4.78 is 5.59. The van der Waals surface area contributed by atoms with Crippen LogP contribution in [0.3, 0.4) is 0 Å². The molecule has 1 aromatic carbocycles. The zero-order valence-corrected chi connectivity index (χ0v) is 9.71. The van der Waals surface area contributed by atoms with Gasteiger partial charge < -0.3 is 15.8 Å². The third-order valence-electron chi connectivity index (χ3n) is 1.88. The van der Waals surface area contributed by atoms with Crippen LogP contribution in [0.2, 0.25) is 0 Å². The summed E-state index contributed by atoms with van der Waals surface area (Å²) in [6.45, 7) is 7.66. The van der Waals surface area contributed by atoms with Gasteiger partial charge in [-0.2, -0.15) is 0 Å². The van der Waals surface area contributed by atoms with Gasteiger partial charge in [0.2, 0.25) is 0 Å². The molecular formula is C12H20N2O. The summed E-state index contributed by atoms with van der Waals surface area (Å²) in [6, 6.07) is 7.69. The van der Waals surface area contributed by atoms with Crippen molar-refractivity contribution >= 4 is 11.4 Å². The van der Waals surface area contributed by atoms with Crippen molar-refractivity contribution in [3.05, 3.63) is 24.3 Å². The summed E-state index contributed by atoms with van der Waals surface area (Å²) in [6.07, 6.45) is 0. The van der Waals surface area contributed by atoms with Gasteiger partial charge in [0, 0.05) is 17.9 Å². The number of nitrogen functional groups attached to an aromatic ring is 1. The van der Waals surface area contributed by atoms with Crippen molar-refractivity contribution in [1.82, 2.24) is 0 Å². The van der Waals surface area contributed by atoms with Crippen LogP contribution < -0.4 is 11.1 Å². The van der Waals surface area contributed by atoms with Gasteiger partial charge in [-0.1, -0.05) is 0 Å². The molecule has 3 heteroatoms. The predicted octanol–water partition coefficient (Wildman–Crippen LogP) is 2.50. The minimum Gasteiger partial charge on any atom is -0.399 e. The van der Waals surface area contributed by atoms with Crippen LogP contribution in [-0.4, -0.2) is 18.8 Å². The molecule has 0 aliphatic carbocycles. The third-order valence-corrected chi connectivity index (χ3v) is 1.88. The summed E-state index contributed by atoms with van der Waals surface area (Å²) in [5.74, 6) is 0. The second-order valence-electron chi connectivity index (χ2n) is 4.51. The fourth-order valence-electron chi connectivity index (χ4n) is 1.15. The van der Waals surface area contributed by atoms with Gasteiger partial charge in [-0.3, -0.25) is 0 Å². The Morgan fingerprint density at radius 3 is 2.33 bits per heavy atom. The number of ether oxygens (including phenoxy) is 1. The molecule has 0 fully saturated rings. The van der Waals surface area contributed by atoms with Crippen LogP contribution in [0.1, 0.15) is 20.8 Å².